The van der Waals surface area contributed by atoms with Gasteiger partial charge in [0.25, 0.3) is 0 Å². The summed E-state index contributed by atoms with van der Waals surface area (Å²) < 4.78 is 0. The summed E-state index contributed by atoms with van der Waals surface area (Å²) in [4.78, 5) is 31.9. The summed E-state index contributed by atoms with van der Waals surface area (Å²) in [5.74, 6) is -0.0211. The van der Waals surface area contributed by atoms with Gasteiger partial charge < -0.3 is 20.3 Å². The Bertz CT molecular complexity index is 486. The van der Waals surface area contributed by atoms with Crippen LogP contribution < -0.4 is 5.32 Å². The molecular formula is C14H22N4O3. The Hall–Kier alpha value is -2.05. The molecule has 1 aliphatic rings. The third-order valence-corrected chi connectivity index (χ3v) is 4.03. The fourth-order valence-electron chi connectivity index (χ4n) is 2.57. The molecule has 3 N–H and O–H groups in total. The van der Waals surface area contributed by atoms with E-state index in [0.717, 1.165) is 6.42 Å². The van der Waals surface area contributed by atoms with Crippen molar-refractivity contribution in [2.75, 3.05) is 13.1 Å². The smallest absolute Gasteiger partial charge is 0.326 e. The van der Waals surface area contributed by atoms with Gasteiger partial charge in [0.2, 0.25) is 0 Å². The number of aromatic nitrogens is 2. The number of likely N-dealkylation sites (tertiary alicyclic amines) is 1. The van der Waals surface area contributed by atoms with Gasteiger partial charge in [-0.15, -0.1) is 0 Å². The quantitative estimate of drug-likeness (QED) is 0.757. The first-order chi connectivity index (χ1) is 9.97. The second-order valence-electron chi connectivity index (χ2n) is 5.86. The first-order valence-corrected chi connectivity index (χ1v) is 7.23. The van der Waals surface area contributed by atoms with Gasteiger partial charge in [-0.1, -0.05) is 13.8 Å². The normalized spacial score (nSPS) is 19.8. The van der Waals surface area contributed by atoms with Crippen LogP contribution in [0.25, 0.3) is 0 Å². The van der Waals surface area contributed by atoms with Crippen LogP contribution in [0.5, 0.6) is 0 Å². The minimum Gasteiger partial charge on any atom is -0.480 e. The highest BCUT2D eigenvalue weighted by molar-refractivity contribution is 5.82. The largest absolute Gasteiger partial charge is 0.480 e. The lowest BCUT2D eigenvalue weighted by Crippen LogP contribution is -2.48. The highest BCUT2D eigenvalue weighted by atomic mass is 16.4. The number of imidazole rings is 1. The number of nitrogens with zero attached hydrogens (tertiary/aromatic N) is 2. The van der Waals surface area contributed by atoms with E-state index in [4.69, 9.17) is 0 Å². The molecule has 7 nitrogen and oxygen atoms in total. The van der Waals surface area contributed by atoms with Crippen molar-refractivity contribution in [2.24, 2.45) is 11.8 Å². The second kappa shape index (κ2) is 6.60. The number of aliphatic carboxylic acids is 1. The number of urea groups is 1. The summed E-state index contributed by atoms with van der Waals surface area (Å²) in [7, 11) is 0. The van der Waals surface area contributed by atoms with Crippen LogP contribution in [0.2, 0.25) is 0 Å². The number of H-pyrrole nitrogens is 1. The van der Waals surface area contributed by atoms with Gasteiger partial charge in [-0.25, -0.2) is 14.6 Å². The third kappa shape index (κ3) is 3.96. The van der Waals surface area contributed by atoms with E-state index >= 15 is 0 Å². The van der Waals surface area contributed by atoms with Gasteiger partial charge in [0.05, 0.1) is 6.33 Å². The molecule has 21 heavy (non-hydrogen) atoms. The number of hydrogen-bond donors (Lipinski definition) is 3. The summed E-state index contributed by atoms with van der Waals surface area (Å²) in [5, 5.41) is 11.8. The molecule has 0 aliphatic carbocycles. The van der Waals surface area contributed by atoms with Crippen LogP contribution in [-0.2, 0) is 11.2 Å². The van der Waals surface area contributed by atoms with E-state index in [0.29, 0.717) is 30.6 Å². The molecular weight excluding hydrogens is 272 g/mol. The van der Waals surface area contributed by atoms with Gasteiger partial charge in [-0.2, -0.15) is 0 Å². The molecule has 0 bridgehead atoms. The zero-order chi connectivity index (χ0) is 15.4. The Labute approximate surface area is 123 Å². The van der Waals surface area contributed by atoms with E-state index in [1.807, 2.05) is 0 Å². The van der Waals surface area contributed by atoms with Crippen LogP contribution in [0, 0.1) is 11.8 Å². The van der Waals surface area contributed by atoms with Gasteiger partial charge in [0.15, 0.2) is 0 Å². The average molecular weight is 294 g/mol. The highest BCUT2D eigenvalue weighted by Crippen LogP contribution is 2.23. The molecule has 1 aliphatic heterocycles. The second-order valence-corrected chi connectivity index (χ2v) is 5.86. The van der Waals surface area contributed by atoms with Crippen LogP contribution >= 0.6 is 0 Å². The third-order valence-electron chi connectivity index (χ3n) is 4.03. The van der Waals surface area contributed by atoms with Crippen molar-refractivity contribution < 1.29 is 14.7 Å². The maximum absolute atomic E-state index is 12.2. The van der Waals surface area contributed by atoms with Crippen molar-refractivity contribution in [2.45, 2.75) is 32.7 Å². The van der Waals surface area contributed by atoms with Gasteiger partial charge >= 0.3 is 12.0 Å². The molecule has 1 fully saturated rings. The maximum Gasteiger partial charge on any atom is 0.326 e. The molecule has 0 spiro atoms. The molecule has 0 radical (unpaired) electrons. The minimum absolute atomic E-state index is 0.197. The van der Waals surface area contributed by atoms with Crippen LogP contribution in [0.3, 0.4) is 0 Å². The van der Waals surface area contributed by atoms with Crippen molar-refractivity contribution in [3.05, 3.63) is 18.2 Å². The van der Waals surface area contributed by atoms with Crippen LogP contribution in [0.1, 0.15) is 26.0 Å². The van der Waals surface area contributed by atoms with Crippen molar-refractivity contribution in [3.8, 4) is 0 Å². The van der Waals surface area contributed by atoms with E-state index in [1.54, 1.807) is 11.1 Å². The Kier molecular flexibility index (Phi) is 4.82. The Morgan fingerprint density at radius 1 is 1.57 bits per heavy atom. The number of carboxylic acids is 1. The Balaban J connectivity index is 1.91. The molecule has 0 aromatic carbocycles. The molecule has 7 heteroatoms. The lowest BCUT2D eigenvalue weighted by molar-refractivity contribution is -0.139. The number of hydrogen-bond acceptors (Lipinski definition) is 3. The number of amides is 2. The number of carbonyl (C=O) groups excluding carboxylic acids is 1. The molecule has 1 aromatic rings. The minimum atomic E-state index is -1.04. The van der Waals surface area contributed by atoms with Gasteiger partial charge in [-0.05, 0) is 18.3 Å². The molecule has 2 atom stereocenters. The fraction of sp³-hybridized carbons (Fsp3) is 0.643. The Morgan fingerprint density at radius 2 is 2.33 bits per heavy atom. The van der Waals surface area contributed by atoms with Crippen molar-refractivity contribution in [1.82, 2.24) is 20.2 Å². The zero-order valence-corrected chi connectivity index (χ0v) is 12.4. The maximum atomic E-state index is 12.2. The molecule has 116 valence electrons. The molecule has 1 aromatic heterocycles. The summed E-state index contributed by atoms with van der Waals surface area (Å²) >= 11 is 0. The molecule has 2 rings (SSSR count). The van der Waals surface area contributed by atoms with Crippen molar-refractivity contribution >= 4 is 12.0 Å². The standard InChI is InChI=1S/C14H22N4O3/c1-9(2)10-3-4-18(7-10)14(21)17-12(13(19)20)5-11-6-15-8-16-11/h6,8-10,12H,3-5,7H2,1-2H3,(H,15,16)(H,17,21)(H,19,20)/t10?,12-/m0/s1. The van der Waals surface area contributed by atoms with E-state index in [1.165, 1.54) is 6.33 Å². The van der Waals surface area contributed by atoms with E-state index in [-0.39, 0.29) is 12.5 Å². The predicted molar refractivity (Wildman–Crippen MR) is 76.8 cm³/mol. The monoisotopic (exact) mass is 294 g/mol. The molecule has 1 saturated heterocycles. The number of carbonyl (C=O) groups is 2. The van der Waals surface area contributed by atoms with Gasteiger partial charge in [0.1, 0.15) is 6.04 Å². The van der Waals surface area contributed by atoms with E-state index in [9.17, 15) is 14.7 Å². The lowest BCUT2D eigenvalue weighted by atomic mass is 9.95. The zero-order valence-electron chi connectivity index (χ0n) is 12.4. The number of nitrogens with one attached hydrogen (secondary N) is 2. The van der Waals surface area contributed by atoms with Crippen molar-refractivity contribution in [3.63, 3.8) is 0 Å². The molecule has 2 amide bonds. The van der Waals surface area contributed by atoms with Gasteiger partial charge in [0, 0.05) is 31.4 Å². The first-order valence-electron chi connectivity index (χ1n) is 7.23. The fourth-order valence-corrected chi connectivity index (χ4v) is 2.57. The average Bonchev–Trinajstić information content (AvgIpc) is 3.08. The summed E-state index contributed by atoms with van der Waals surface area (Å²) in [6.45, 7) is 5.67. The van der Waals surface area contributed by atoms with Crippen molar-refractivity contribution in [1.29, 1.82) is 0 Å². The summed E-state index contributed by atoms with van der Waals surface area (Å²) in [6.07, 6.45) is 4.22. The van der Waals surface area contributed by atoms with Crippen LogP contribution in [0.15, 0.2) is 12.5 Å². The Morgan fingerprint density at radius 3 is 2.86 bits per heavy atom. The molecule has 0 saturated carbocycles. The van der Waals surface area contributed by atoms with E-state index in [2.05, 4.69) is 29.1 Å². The number of aromatic amines is 1. The lowest BCUT2D eigenvalue weighted by Gasteiger charge is -2.21. The predicted octanol–water partition coefficient (Wildman–Crippen LogP) is 1.09. The van der Waals surface area contributed by atoms with E-state index < -0.39 is 12.0 Å². The number of carboxylic acid groups (broad SMARTS) is 1. The first kappa shape index (κ1) is 15.3. The van der Waals surface area contributed by atoms with Gasteiger partial charge in [-0.3, -0.25) is 0 Å². The molecule has 1 unspecified atom stereocenters. The number of rotatable bonds is 5. The van der Waals surface area contributed by atoms with Crippen LogP contribution in [0.4, 0.5) is 4.79 Å². The topological polar surface area (TPSA) is 98.3 Å². The SMILES string of the molecule is CC(C)C1CCN(C(=O)N[C@@H](Cc2cnc[nH]2)C(=O)O)C1. The highest BCUT2D eigenvalue weighted by Gasteiger charge is 2.30. The summed E-state index contributed by atoms with van der Waals surface area (Å²) in [5.41, 5.74) is 0.684. The summed E-state index contributed by atoms with van der Waals surface area (Å²) in [6, 6.07) is -1.25. The molecule has 2 heterocycles. The van der Waals surface area contributed by atoms with Crippen LogP contribution in [-0.4, -0.2) is 51.1 Å².